The molecule has 0 radical (unpaired) electrons. The normalized spacial score (nSPS) is 39.4. The molecule has 0 aromatic rings. The summed E-state index contributed by atoms with van der Waals surface area (Å²) < 4.78 is 0. The molecule has 2 saturated heterocycles. The third-order valence-electron chi connectivity index (χ3n) is 8.09. The van der Waals surface area contributed by atoms with Crippen LogP contribution in [0.15, 0.2) is 4.99 Å². The SMILES string of the molecule is NC1NC(=S)C23N=CN(CCCCCCCCC4CCCCCCCCC2C4)C3N1. The van der Waals surface area contributed by atoms with E-state index in [9.17, 15) is 0 Å². The van der Waals surface area contributed by atoms with Crippen molar-refractivity contribution >= 4 is 23.5 Å². The van der Waals surface area contributed by atoms with E-state index in [2.05, 4.69) is 21.9 Å². The Hall–Kier alpha value is -0.720. The fraction of sp³-hybridized carbons (Fsp3) is 0.917. The van der Waals surface area contributed by atoms with Crippen molar-refractivity contribution in [2.45, 2.75) is 121 Å². The van der Waals surface area contributed by atoms with Gasteiger partial charge in [-0.25, -0.2) is 0 Å². The van der Waals surface area contributed by atoms with Crippen molar-refractivity contribution in [3.8, 4) is 0 Å². The Balaban J connectivity index is 1.64. The molecule has 0 aromatic carbocycles. The molecule has 5 nitrogen and oxygen atoms in total. The minimum absolute atomic E-state index is 0.111. The second-order valence-electron chi connectivity index (χ2n) is 10.2. The fourth-order valence-corrected chi connectivity index (χ4v) is 6.86. The Kier molecular flexibility index (Phi) is 8.04. The summed E-state index contributed by atoms with van der Waals surface area (Å²) in [6.07, 6.45) is 23.6. The number of aliphatic imine (C=N–C) groups is 1. The third kappa shape index (κ3) is 5.02. The van der Waals surface area contributed by atoms with Crippen molar-refractivity contribution in [1.82, 2.24) is 15.5 Å². The standard InChI is InChI=1S/C24H43N5S/c25-23-27-21-24(22(30)28-23)20-15-11-7-2-1-5-9-13-19(17-20)14-10-6-3-4-8-12-16-29(21)18-26-24/h18-21,23,27H,1-17,25H2,(H,28,30). The number of nitrogens with two attached hydrogens (primary N) is 1. The Morgan fingerprint density at radius 3 is 2.20 bits per heavy atom. The lowest BCUT2D eigenvalue weighted by Gasteiger charge is -2.49. The minimum Gasteiger partial charge on any atom is -0.350 e. The maximum atomic E-state index is 6.30. The van der Waals surface area contributed by atoms with Crippen LogP contribution < -0.4 is 16.4 Å². The number of fused-ring (bicyclic) bond motifs is 2. The molecule has 5 atom stereocenters. The average Bonchev–Trinajstić information content (AvgIpc) is 3.06. The number of nitrogens with one attached hydrogen (secondary N) is 2. The molecule has 4 bridgehead atoms. The predicted octanol–water partition coefficient (Wildman–Crippen LogP) is 4.66. The molecule has 0 amide bonds. The van der Waals surface area contributed by atoms with Gasteiger partial charge in [-0.3, -0.25) is 16.0 Å². The van der Waals surface area contributed by atoms with E-state index in [0.717, 1.165) is 17.5 Å². The summed E-state index contributed by atoms with van der Waals surface area (Å²) in [7, 11) is 0. The van der Waals surface area contributed by atoms with E-state index in [0.29, 0.717) is 5.92 Å². The molecule has 6 heteroatoms. The smallest absolute Gasteiger partial charge is 0.149 e. The monoisotopic (exact) mass is 433 g/mol. The lowest BCUT2D eigenvalue weighted by Crippen LogP contribution is -2.75. The number of hydrogen-bond donors (Lipinski definition) is 3. The van der Waals surface area contributed by atoms with E-state index in [4.69, 9.17) is 22.9 Å². The first-order chi connectivity index (χ1) is 14.7. The lowest BCUT2D eigenvalue weighted by atomic mass is 9.71. The van der Waals surface area contributed by atoms with Crippen LogP contribution in [-0.4, -0.2) is 40.8 Å². The zero-order chi connectivity index (χ0) is 20.8. The van der Waals surface area contributed by atoms with E-state index in [1.807, 2.05) is 0 Å². The van der Waals surface area contributed by atoms with E-state index >= 15 is 0 Å². The van der Waals surface area contributed by atoms with Gasteiger partial charge in [-0.15, -0.1) is 0 Å². The molecule has 30 heavy (non-hydrogen) atoms. The van der Waals surface area contributed by atoms with Crippen LogP contribution in [0.3, 0.4) is 0 Å². The summed E-state index contributed by atoms with van der Waals surface area (Å²) in [5, 5.41) is 7.01. The van der Waals surface area contributed by atoms with Gasteiger partial charge < -0.3 is 10.2 Å². The lowest BCUT2D eigenvalue weighted by molar-refractivity contribution is 0.120. The van der Waals surface area contributed by atoms with Crippen LogP contribution in [0.25, 0.3) is 0 Å². The summed E-state index contributed by atoms with van der Waals surface area (Å²) in [4.78, 5) is 8.52. The van der Waals surface area contributed by atoms with Crippen molar-refractivity contribution in [2.75, 3.05) is 6.54 Å². The molecular formula is C24H43N5S. The van der Waals surface area contributed by atoms with Crippen LogP contribution in [0.5, 0.6) is 0 Å². The highest BCUT2D eigenvalue weighted by atomic mass is 32.1. The second-order valence-corrected chi connectivity index (χ2v) is 10.6. The van der Waals surface area contributed by atoms with E-state index in [1.54, 1.807) is 0 Å². The molecule has 0 aromatic heterocycles. The van der Waals surface area contributed by atoms with Gasteiger partial charge in [-0.05, 0) is 31.1 Å². The zero-order valence-corrected chi connectivity index (χ0v) is 19.6. The maximum absolute atomic E-state index is 6.30. The summed E-state index contributed by atoms with van der Waals surface area (Å²) >= 11 is 6.01. The molecule has 0 spiro atoms. The molecular weight excluding hydrogens is 390 g/mol. The Morgan fingerprint density at radius 1 is 0.900 bits per heavy atom. The molecule has 4 aliphatic rings. The first-order valence-electron chi connectivity index (χ1n) is 12.8. The van der Waals surface area contributed by atoms with Crippen LogP contribution in [-0.2, 0) is 0 Å². The maximum Gasteiger partial charge on any atom is 0.149 e. The molecule has 3 heterocycles. The first kappa shape index (κ1) is 22.5. The van der Waals surface area contributed by atoms with Gasteiger partial charge in [-0.1, -0.05) is 95.7 Å². The topological polar surface area (TPSA) is 65.7 Å². The first-order valence-corrected chi connectivity index (χ1v) is 13.2. The van der Waals surface area contributed by atoms with E-state index in [1.165, 1.54) is 103 Å². The molecule has 5 unspecified atom stereocenters. The molecule has 1 saturated carbocycles. The van der Waals surface area contributed by atoms with Gasteiger partial charge in [0.1, 0.15) is 23.0 Å². The Labute approximate surface area is 189 Å². The summed E-state index contributed by atoms with van der Waals surface area (Å²) in [6, 6.07) is 0. The van der Waals surface area contributed by atoms with Crippen LogP contribution in [0.1, 0.15) is 103 Å². The molecule has 170 valence electrons. The van der Waals surface area contributed by atoms with Gasteiger partial charge in [0.05, 0.1) is 6.34 Å². The largest absolute Gasteiger partial charge is 0.350 e. The van der Waals surface area contributed by atoms with Gasteiger partial charge in [0.15, 0.2) is 0 Å². The molecule has 3 aliphatic heterocycles. The number of rotatable bonds is 0. The second kappa shape index (κ2) is 10.7. The highest BCUT2D eigenvalue weighted by Gasteiger charge is 2.56. The third-order valence-corrected chi connectivity index (χ3v) is 8.53. The Bertz CT molecular complexity index is 596. The van der Waals surface area contributed by atoms with Crippen molar-refractivity contribution < 1.29 is 0 Å². The van der Waals surface area contributed by atoms with Gasteiger partial charge in [0.25, 0.3) is 0 Å². The van der Waals surface area contributed by atoms with Gasteiger partial charge in [0, 0.05) is 6.54 Å². The quantitative estimate of drug-likeness (QED) is 0.485. The number of nitrogens with zero attached hydrogens (tertiary/aromatic N) is 2. The predicted molar refractivity (Wildman–Crippen MR) is 129 cm³/mol. The van der Waals surface area contributed by atoms with Gasteiger partial charge >= 0.3 is 0 Å². The number of thiocarbonyl (C=S) groups is 1. The minimum atomic E-state index is -0.346. The molecule has 4 rings (SSSR count). The summed E-state index contributed by atoms with van der Waals surface area (Å²) in [6.45, 7) is 1.05. The zero-order valence-electron chi connectivity index (χ0n) is 18.8. The van der Waals surface area contributed by atoms with Gasteiger partial charge in [0.2, 0.25) is 0 Å². The van der Waals surface area contributed by atoms with Crippen LogP contribution in [0.2, 0.25) is 0 Å². The van der Waals surface area contributed by atoms with Crippen molar-refractivity contribution in [2.24, 2.45) is 22.6 Å². The van der Waals surface area contributed by atoms with Crippen molar-refractivity contribution in [1.29, 1.82) is 0 Å². The highest BCUT2D eigenvalue weighted by molar-refractivity contribution is 7.80. The van der Waals surface area contributed by atoms with Crippen LogP contribution in [0, 0.1) is 11.8 Å². The highest BCUT2D eigenvalue weighted by Crippen LogP contribution is 2.43. The average molecular weight is 434 g/mol. The summed E-state index contributed by atoms with van der Waals surface area (Å²) in [5.74, 6) is 1.31. The van der Waals surface area contributed by atoms with Crippen LogP contribution >= 0.6 is 12.2 Å². The van der Waals surface area contributed by atoms with E-state index in [-0.39, 0.29) is 18.0 Å². The summed E-state index contributed by atoms with van der Waals surface area (Å²) in [5.41, 5.74) is 5.96. The molecule has 3 fully saturated rings. The molecule has 4 N–H and O–H groups in total. The fourth-order valence-electron chi connectivity index (χ4n) is 6.40. The molecule has 1 aliphatic carbocycles. The van der Waals surface area contributed by atoms with Crippen molar-refractivity contribution in [3.05, 3.63) is 0 Å². The van der Waals surface area contributed by atoms with E-state index < -0.39 is 0 Å². The van der Waals surface area contributed by atoms with Crippen LogP contribution in [0.4, 0.5) is 0 Å². The van der Waals surface area contributed by atoms with Crippen molar-refractivity contribution in [3.63, 3.8) is 0 Å². The van der Waals surface area contributed by atoms with Gasteiger partial charge in [-0.2, -0.15) is 0 Å². The number of hydrogen-bond acceptors (Lipinski definition) is 5. The Morgan fingerprint density at radius 2 is 1.50 bits per heavy atom.